The molecule has 1 N–H and O–H groups in total. The van der Waals surface area contributed by atoms with Gasteiger partial charge in [0, 0.05) is 0 Å². The average molecular weight is 249 g/mol. The van der Waals surface area contributed by atoms with Crippen LogP contribution in [0.2, 0.25) is 0 Å². The van der Waals surface area contributed by atoms with Gasteiger partial charge in [0.1, 0.15) is 0 Å². The molecular formula is CH2BaO2Zn+4. The molecule has 0 aliphatic heterocycles. The van der Waals surface area contributed by atoms with E-state index in [0.29, 0.717) is 0 Å². The SMILES string of the molecule is O=CO.[Ba+2].[Zn+2]. The predicted molar refractivity (Wildman–Crippen MR) is 14.4 cm³/mol. The van der Waals surface area contributed by atoms with Crippen LogP contribution in [0.5, 0.6) is 0 Å². The molecule has 0 saturated carbocycles. The molecule has 2 nitrogen and oxygen atoms in total. The van der Waals surface area contributed by atoms with E-state index in [1.54, 1.807) is 0 Å². The molecule has 0 saturated heterocycles. The molecule has 0 aromatic heterocycles. The third kappa shape index (κ3) is 27.5. The van der Waals surface area contributed by atoms with Gasteiger partial charge in [-0.2, -0.15) is 0 Å². The quantitative estimate of drug-likeness (QED) is 0.456. The summed E-state index contributed by atoms with van der Waals surface area (Å²) in [5.74, 6) is 0. The van der Waals surface area contributed by atoms with Crippen molar-refractivity contribution in [2.75, 3.05) is 0 Å². The van der Waals surface area contributed by atoms with E-state index in [9.17, 15) is 0 Å². The van der Waals surface area contributed by atoms with Crippen molar-refractivity contribution < 1.29 is 29.4 Å². The van der Waals surface area contributed by atoms with E-state index in [1.165, 1.54) is 0 Å². The Bertz CT molecular complexity index is 17.1. The minimum absolute atomic E-state index is 0. The Hall–Kier alpha value is 1.66. The zero-order valence-corrected chi connectivity index (χ0v) is 10.3. The first-order valence-corrected chi connectivity index (χ1v) is 0.494. The third-order valence-electron chi connectivity index (χ3n) is 0. The fourth-order valence-corrected chi connectivity index (χ4v) is 0. The molecule has 0 spiro atoms. The zero-order valence-electron chi connectivity index (χ0n) is 2.85. The van der Waals surface area contributed by atoms with Crippen molar-refractivity contribution in [2.45, 2.75) is 0 Å². The Kier molecular flexibility index (Phi) is 55.3. The average Bonchev–Trinajstić information content (AvgIpc) is 0.918. The summed E-state index contributed by atoms with van der Waals surface area (Å²) in [6.07, 6.45) is 0. The normalized spacial score (nSPS) is 2.40. The van der Waals surface area contributed by atoms with Crippen LogP contribution in [-0.4, -0.2) is 60.5 Å². The van der Waals surface area contributed by atoms with Gasteiger partial charge in [-0.1, -0.05) is 0 Å². The molecule has 0 heterocycles. The van der Waals surface area contributed by atoms with Gasteiger partial charge in [0.2, 0.25) is 0 Å². The summed E-state index contributed by atoms with van der Waals surface area (Å²) in [7, 11) is 0. The summed E-state index contributed by atoms with van der Waals surface area (Å²) in [4.78, 5) is 8.36. The second-order valence-electron chi connectivity index (χ2n) is 0.105. The summed E-state index contributed by atoms with van der Waals surface area (Å²) in [5.41, 5.74) is 0. The molecule has 0 rings (SSSR count). The first-order chi connectivity index (χ1) is 1.41. The summed E-state index contributed by atoms with van der Waals surface area (Å²) in [6.45, 7) is -0.250. The Balaban J connectivity index is -0.0000000200. The van der Waals surface area contributed by atoms with Crippen LogP contribution in [0.15, 0.2) is 0 Å². The maximum atomic E-state index is 8.36. The van der Waals surface area contributed by atoms with Crippen molar-refractivity contribution in [3.8, 4) is 0 Å². The fourth-order valence-electron chi connectivity index (χ4n) is 0. The Morgan fingerprint density at radius 2 is 1.60 bits per heavy atom. The smallest absolute Gasteiger partial charge is 0.483 e. The Morgan fingerprint density at radius 3 is 1.60 bits per heavy atom. The summed E-state index contributed by atoms with van der Waals surface area (Å²) >= 11 is 0. The molecule has 0 aliphatic carbocycles. The van der Waals surface area contributed by atoms with E-state index in [0.717, 1.165) is 0 Å². The molecule has 4 heteroatoms. The number of hydrogen-bond donors (Lipinski definition) is 1. The van der Waals surface area contributed by atoms with Crippen molar-refractivity contribution in [2.24, 2.45) is 0 Å². The van der Waals surface area contributed by atoms with Crippen LogP contribution in [-0.2, 0) is 24.3 Å². The summed E-state index contributed by atoms with van der Waals surface area (Å²) < 4.78 is 0. The van der Waals surface area contributed by atoms with Gasteiger partial charge in [-0.3, -0.25) is 4.79 Å². The third-order valence-corrected chi connectivity index (χ3v) is 0. The standard InChI is InChI=1S/CH2O2.Ba.Zn/c2-1-3;;/h1H,(H,2,3);;/q;2*+2. The zero-order chi connectivity index (χ0) is 2.71. The molecular weight excluding hydrogens is 247 g/mol. The molecule has 5 heavy (non-hydrogen) atoms. The van der Waals surface area contributed by atoms with Gasteiger partial charge in [-0.05, 0) is 0 Å². The van der Waals surface area contributed by atoms with Crippen molar-refractivity contribution in [1.82, 2.24) is 0 Å². The molecule has 0 aromatic rings. The van der Waals surface area contributed by atoms with E-state index in [-0.39, 0.29) is 74.8 Å². The second kappa shape index (κ2) is 17.4. The van der Waals surface area contributed by atoms with Crippen LogP contribution < -0.4 is 0 Å². The van der Waals surface area contributed by atoms with E-state index < -0.39 is 0 Å². The second-order valence-corrected chi connectivity index (χ2v) is 0.105. The molecule has 18 valence electrons. The van der Waals surface area contributed by atoms with Crippen LogP contribution in [0.4, 0.5) is 0 Å². The molecule has 0 aliphatic rings. The van der Waals surface area contributed by atoms with Gasteiger partial charge in [-0.15, -0.1) is 0 Å². The topological polar surface area (TPSA) is 37.3 Å². The molecule has 0 radical (unpaired) electrons. The minimum atomic E-state index is -0.250. The molecule has 0 unspecified atom stereocenters. The van der Waals surface area contributed by atoms with Crippen molar-refractivity contribution in [3.63, 3.8) is 0 Å². The minimum Gasteiger partial charge on any atom is -0.483 e. The maximum absolute atomic E-state index is 8.36. The van der Waals surface area contributed by atoms with Gasteiger partial charge < -0.3 is 5.11 Å². The largest absolute Gasteiger partial charge is 2.00 e. The van der Waals surface area contributed by atoms with Crippen LogP contribution in [0.1, 0.15) is 0 Å². The number of carbonyl (C=O) groups is 1. The van der Waals surface area contributed by atoms with Crippen LogP contribution >= 0.6 is 0 Å². The molecule has 0 fully saturated rings. The maximum Gasteiger partial charge on any atom is 2.00 e. The van der Waals surface area contributed by atoms with Crippen molar-refractivity contribution in [3.05, 3.63) is 0 Å². The first-order valence-electron chi connectivity index (χ1n) is 0.494. The van der Waals surface area contributed by atoms with E-state index >= 15 is 0 Å². The first kappa shape index (κ1) is 15.9. The van der Waals surface area contributed by atoms with Crippen LogP contribution in [0, 0.1) is 0 Å². The van der Waals surface area contributed by atoms with Crippen molar-refractivity contribution in [1.29, 1.82) is 0 Å². The number of carboxylic acid groups (broad SMARTS) is 1. The van der Waals surface area contributed by atoms with Crippen LogP contribution in [0.3, 0.4) is 0 Å². The summed E-state index contributed by atoms with van der Waals surface area (Å²) in [6, 6.07) is 0. The number of hydrogen-bond acceptors (Lipinski definition) is 1. The summed E-state index contributed by atoms with van der Waals surface area (Å²) in [5, 5.41) is 6.89. The molecule has 0 bridgehead atoms. The van der Waals surface area contributed by atoms with E-state index in [2.05, 4.69) is 0 Å². The Labute approximate surface area is 83.2 Å². The Morgan fingerprint density at radius 1 is 1.60 bits per heavy atom. The van der Waals surface area contributed by atoms with E-state index in [1.807, 2.05) is 0 Å². The monoisotopic (exact) mass is 248 g/mol. The molecule has 0 aromatic carbocycles. The van der Waals surface area contributed by atoms with Crippen LogP contribution in [0.25, 0.3) is 0 Å². The van der Waals surface area contributed by atoms with E-state index in [4.69, 9.17) is 9.90 Å². The number of rotatable bonds is 0. The van der Waals surface area contributed by atoms with Crippen molar-refractivity contribution >= 4 is 55.4 Å². The van der Waals surface area contributed by atoms with Gasteiger partial charge >= 0.3 is 68.4 Å². The molecule has 0 atom stereocenters. The van der Waals surface area contributed by atoms with Gasteiger partial charge in [0.15, 0.2) is 0 Å². The van der Waals surface area contributed by atoms with Gasteiger partial charge in [-0.25, -0.2) is 0 Å². The van der Waals surface area contributed by atoms with Gasteiger partial charge in [0.25, 0.3) is 6.47 Å². The predicted octanol–water partition coefficient (Wildman–Crippen LogP) is -0.682. The van der Waals surface area contributed by atoms with Gasteiger partial charge in [0.05, 0.1) is 0 Å². The fraction of sp³-hybridized carbons (Fsp3) is 0. The molecule has 0 amide bonds.